The first-order chi connectivity index (χ1) is 8.42. The van der Waals surface area contributed by atoms with Crippen molar-refractivity contribution in [1.82, 2.24) is 9.88 Å². The number of aromatic nitrogens is 1. The molecule has 0 bridgehead atoms. The highest BCUT2D eigenvalue weighted by Gasteiger charge is 2.44. The predicted molar refractivity (Wildman–Crippen MR) is 65.4 cm³/mol. The smallest absolute Gasteiger partial charge is 0.409 e. The first-order valence-corrected chi connectivity index (χ1v) is 6.53. The average molecular weight is 272 g/mol. The fraction of sp³-hybridized carbons (Fsp3) is 0.636. The summed E-state index contributed by atoms with van der Waals surface area (Å²) in [7, 11) is 0. The maximum atomic E-state index is 11.2. The Bertz CT molecular complexity index is 421. The highest BCUT2D eigenvalue weighted by molar-refractivity contribution is 7.09. The number of carbonyl (C=O) groups is 1. The lowest BCUT2D eigenvalue weighted by atomic mass is 10.1. The first kappa shape index (κ1) is 13.3. The van der Waals surface area contributed by atoms with Crippen LogP contribution < -0.4 is 0 Å². The van der Waals surface area contributed by atoms with E-state index >= 15 is 0 Å². The lowest BCUT2D eigenvalue weighted by molar-refractivity contribution is -0.0430. The molecule has 2 rings (SSSR count). The Morgan fingerprint density at radius 3 is 3.06 bits per heavy atom. The zero-order valence-corrected chi connectivity index (χ0v) is 11.1. The molecular weight excluding hydrogens is 256 g/mol. The van der Waals surface area contributed by atoms with Crippen LogP contribution in [0, 0.1) is 0 Å². The van der Waals surface area contributed by atoms with Gasteiger partial charge >= 0.3 is 6.09 Å². The summed E-state index contributed by atoms with van der Waals surface area (Å²) in [5.74, 6) is 0. The third-order valence-electron chi connectivity index (χ3n) is 3.01. The number of carboxylic acid groups (broad SMARTS) is 1. The van der Waals surface area contributed by atoms with Crippen LogP contribution in [0.5, 0.6) is 0 Å². The molecule has 0 radical (unpaired) electrons. The van der Waals surface area contributed by atoms with Crippen LogP contribution in [0.1, 0.15) is 31.4 Å². The molecule has 1 aliphatic heterocycles. The molecule has 100 valence electrons. The van der Waals surface area contributed by atoms with E-state index < -0.39 is 17.9 Å². The van der Waals surface area contributed by atoms with Crippen LogP contribution in [0.2, 0.25) is 0 Å². The van der Waals surface area contributed by atoms with Crippen molar-refractivity contribution < 1.29 is 19.7 Å². The molecule has 18 heavy (non-hydrogen) atoms. The third kappa shape index (κ3) is 2.47. The van der Waals surface area contributed by atoms with E-state index in [1.807, 2.05) is 0 Å². The maximum Gasteiger partial charge on any atom is 0.409 e. The van der Waals surface area contributed by atoms with E-state index in [0.717, 1.165) is 0 Å². The van der Waals surface area contributed by atoms with Gasteiger partial charge in [-0.1, -0.05) is 0 Å². The van der Waals surface area contributed by atoms with Gasteiger partial charge in [-0.3, -0.25) is 4.90 Å². The zero-order chi connectivity index (χ0) is 13.3. The highest BCUT2D eigenvalue weighted by atomic mass is 32.1. The molecular formula is C11H16N2O4S. The van der Waals surface area contributed by atoms with Crippen molar-refractivity contribution in [3.8, 4) is 0 Å². The Labute approximate surface area is 109 Å². The van der Waals surface area contributed by atoms with Gasteiger partial charge in [0.05, 0.1) is 12.6 Å². The van der Waals surface area contributed by atoms with Crippen molar-refractivity contribution in [3.63, 3.8) is 0 Å². The topological polar surface area (TPSA) is 82.9 Å². The average Bonchev–Trinajstić information content (AvgIpc) is 2.85. The fourth-order valence-electron chi connectivity index (χ4n) is 2.20. The number of thiazole rings is 1. The molecule has 1 aromatic heterocycles. The van der Waals surface area contributed by atoms with E-state index in [1.165, 1.54) is 16.2 Å². The van der Waals surface area contributed by atoms with Crippen LogP contribution in [-0.2, 0) is 4.74 Å². The third-order valence-corrected chi connectivity index (χ3v) is 3.89. The number of hydrogen-bond donors (Lipinski definition) is 2. The van der Waals surface area contributed by atoms with Crippen molar-refractivity contribution >= 4 is 17.4 Å². The van der Waals surface area contributed by atoms with Crippen molar-refractivity contribution in [1.29, 1.82) is 0 Å². The molecule has 0 aliphatic carbocycles. The quantitative estimate of drug-likeness (QED) is 0.874. The Morgan fingerprint density at radius 2 is 2.50 bits per heavy atom. The summed E-state index contributed by atoms with van der Waals surface area (Å²) in [5, 5.41) is 21.6. The molecule has 0 spiro atoms. The molecule has 2 heterocycles. The molecule has 0 unspecified atom stereocenters. The van der Waals surface area contributed by atoms with Crippen LogP contribution in [0.25, 0.3) is 0 Å². The molecule has 1 aliphatic rings. The second-order valence-electron chi connectivity index (χ2n) is 4.69. The Balaban J connectivity index is 2.07. The van der Waals surface area contributed by atoms with Crippen LogP contribution in [-0.4, -0.2) is 44.6 Å². The number of nitrogens with zero attached hydrogens (tertiary/aromatic N) is 2. The largest absolute Gasteiger partial charge is 0.465 e. The normalized spacial score (nSPS) is 24.2. The SMILES string of the molecule is CC1(C)OC[C@H](C[C@@H](O)c2nccs2)N1C(=O)O. The standard InChI is InChI=1S/C11H16N2O4S/c1-11(2)13(10(15)16)7(6-17-11)5-8(14)9-12-3-4-18-9/h3-4,7-8,14H,5-6H2,1-2H3,(H,15,16)/t7-,8+/m0/s1. The molecule has 1 aromatic rings. The molecule has 2 atom stereocenters. The van der Waals surface area contributed by atoms with E-state index in [1.54, 1.807) is 25.4 Å². The molecule has 7 heteroatoms. The van der Waals surface area contributed by atoms with Crippen LogP contribution in [0.3, 0.4) is 0 Å². The van der Waals surface area contributed by atoms with Gasteiger partial charge < -0.3 is 14.9 Å². The van der Waals surface area contributed by atoms with Gasteiger partial charge in [-0.05, 0) is 13.8 Å². The summed E-state index contributed by atoms with van der Waals surface area (Å²) in [6, 6.07) is -0.351. The van der Waals surface area contributed by atoms with Gasteiger partial charge in [-0.25, -0.2) is 9.78 Å². The zero-order valence-electron chi connectivity index (χ0n) is 10.2. The summed E-state index contributed by atoms with van der Waals surface area (Å²) < 4.78 is 5.46. The van der Waals surface area contributed by atoms with Gasteiger partial charge in [0.1, 0.15) is 16.8 Å². The van der Waals surface area contributed by atoms with Gasteiger partial charge in [-0.2, -0.15) is 0 Å². The second-order valence-corrected chi connectivity index (χ2v) is 5.61. The number of aliphatic hydroxyl groups excluding tert-OH is 1. The van der Waals surface area contributed by atoms with E-state index in [0.29, 0.717) is 18.0 Å². The maximum absolute atomic E-state index is 11.2. The van der Waals surface area contributed by atoms with E-state index in [9.17, 15) is 15.0 Å². The molecule has 0 saturated carbocycles. The lowest BCUT2D eigenvalue weighted by Gasteiger charge is -2.31. The monoisotopic (exact) mass is 272 g/mol. The highest BCUT2D eigenvalue weighted by Crippen LogP contribution is 2.32. The van der Waals surface area contributed by atoms with Crippen molar-refractivity contribution in [2.75, 3.05) is 6.61 Å². The minimum atomic E-state index is -1.03. The molecule has 2 N–H and O–H groups in total. The summed E-state index contributed by atoms with van der Waals surface area (Å²) in [5.41, 5.74) is -0.848. The van der Waals surface area contributed by atoms with Crippen molar-refractivity contribution in [2.24, 2.45) is 0 Å². The molecule has 1 amide bonds. The van der Waals surface area contributed by atoms with Crippen molar-refractivity contribution in [2.45, 2.75) is 38.1 Å². The summed E-state index contributed by atoms with van der Waals surface area (Å²) >= 11 is 1.36. The number of amides is 1. The van der Waals surface area contributed by atoms with Gasteiger partial charge in [0.2, 0.25) is 0 Å². The van der Waals surface area contributed by atoms with Crippen LogP contribution >= 0.6 is 11.3 Å². The van der Waals surface area contributed by atoms with Crippen molar-refractivity contribution in [3.05, 3.63) is 16.6 Å². The molecule has 1 fully saturated rings. The minimum Gasteiger partial charge on any atom is -0.465 e. The minimum absolute atomic E-state index is 0.293. The second kappa shape index (κ2) is 4.83. The van der Waals surface area contributed by atoms with E-state index in [4.69, 9.17) is 4.74 Å². The Morgan fingerprint density at radius 1 is 1.78 bits per heavy atom. The summed E-state index contributed by atoms with van der Waals surface area (Å²) in [6.45, 7) is 3.70. The number of hydrogen-bond acceptors (Lipinski definition) is 5. The molecule has 0 aromatic carbocycles. The van der Waals surface area contributed by atoms with Crippen LogP contribution in [0.4, 0.5) is 4.79 Å². The number of rotatable bonds is 3. The van der Waals surface area contributed by atoms with E-state index in [2.05, 4.69) is 4.98 Å². The Hall–Kier alpha value is -1.18. The summed E-state index contributed by atoms with van der Waals surface area (Å²) in [4.78, 5) is 16.5. The lowest BCUT2D eigenvalue weighted by Crippen LogP contribution is -2.47. The number of ether oxygens (including phenoxy) is 1. The first-order valence-electron chi connectivity index (χ1n) is 5.65. The predicted octanol–water partition coefficient (Wildman–Crippen LogP) is 1.68. The van der Waals surface area contributed by atoms with Gasteiger partial charge in [-0.15, -0.1) is 11.3 Å². The number of aliphatic hydroxyl groups is 1. The van der Waals surface area contributed by atoms with Gasteiger partial charge in [0.15, 0.2) is 0 Å². The fourth-order valence-corrected chi connectivity index (χ4v) is 2.84. The molecule has 6 nitrogen and oxygen atoms in total. The van der Waals surface area contributed by atoms with Gasteiger partial charge in [0, 0.05) is 18.0 Å². The summed E-state index contributed by atoms with van der Waals surface area (Å²) in [6.07, 6.45) is 0.124. The van der Waals surface area contributed by atoms with E-state index in [-0.39, 0.29) is 6.04 Å². The van der Waals surface area contributed by atoms with Gasteiger partial charge in [0.25, 0.3) is 0 Å². The van der Waals surface area contributed by atoms with Crippen LogP contribution in [0.15, 0.2) is 11.6 Å². The Kier molecular flexibility index (Phi) is 3.56. The molecule has 1 saturated heterocycles.